The molecule has 6 nitrogen and oxygen atoms in total. The molecule has 6 heteroatoms. The van der Waals surface area contributed by atoms with E-state index in [-0.39, 0.29) is 5.91 Å². The quantitative estimate of drug-likeness (QED) is 0.388. The summed E-state index contributed by atoms with van der Waals surface area (Å²) in [5, 5.41) is 3.19. The zero-order valence-corrected chi connectivity index (χ0v) is 24.2. The van der Waals surface area contributed by atoms with Crippen molar-refractivity contribution in [3.05, 3.63) is 48.0 Å². The Hall–Kier alpha value is -1.73. The Morgan fingerprint density at radius 1 is 0.946 bits per heavy atom. The van der Waals surface area contributed by atoms with Crippen LogP contribution >= 0.6 is 0 Å². The predicted molar refractivity (Wildman–Crippen MR) is 156 cm³/mol. The Labute approximate surface area is 227 Å². The van der Waals surface area contributed by atoms with Gasteiger partial charge in [-0.05, 0) is 69.9 Å². The lowest BCUT2D eigenvalue weighted by atomic mass is 9.95. The molecule has 0 aromatic heterocycles. The van der Waals surface area contributed by atoms with Crippen LogP contribution < -0.4 is 5.32 Å². The number of benzene rings is 1. The summed E-state index contributed by atoms with van der Waals surface area (Å²) < 4.78 is 5.43. The topological polar surface area (TPSA) is 48.1 Å². The molecule has 37 heavy (non-hydrogen) atoms. The Morgan fingerprint density at radius 2 is 1.62 bits per heavy atom. The number of likely N-dealkylation sites (N-methyl/N-ethyl adjacent to an activating group) is 1. The summed E-state index contributed by atoms with van der Waals surface area (Å²) >= 11 is 0. The molecule has 3 aliphatic rings. The molecule has 2 heterocycles. The predicted octanol–water partition coefficient (Wildman–Crippen LogP) is 5.05. The maximum Gasteiger partial charge on any atom is 0.251 e. The van der Waals surface area contributed by atoms with Crippen molar-refractivity contribution in [3.63, 3.8) is 0 Å². The van der Waals surface area contributed by atoms with Gasteiger partial charge in [0, 0.05) is 50.9 Å². The van der Waals surface area contributed by atoms with Gasteiger partial charge in [-0.3, -0.25) is 9.69 Å². The van der Waals surface area contributed by atoms with E-state index in [0.717, 1.165) is 63.7 Å². The summed E-state index contributed by atoms with van der Waals surface area (Å²) in [6.07, 6.45) is 10.5. The van der Waals surface area contributed by atoms with E-state index in [4.69, 9.17) is 4.74 Å². The fourth-order valence-corrected chi connectivity index (χ4v) is 5.27. The lowest BCUT2D eigenvalue weighted by Crippen LogP contribution is -2.43. The van der Waals surface area contributed by atoms with Crippen molar-refractivity contribution < 1.29 is 9.53 Å². The smallest absolute Gasteiger partial charge is 0.251 e. The number of nitrogens with zero attached hydrogens (tertiary/aromatic N) is 3. The van der Waals surface area contributed by atoms with Gasteiger partial charge in [0.15, 0.2) is 0 Å². The van der Waals surface area contributed by atoms with Crippen LogP contribution in [0.1, 0.15) is 74.7 Å². The number of hydrogen-bond acceptors (Lipinski definition) is 5. The number of nitrogens with one attached hydrogen (secondary N) is 1. The van der Waals surface area contributed by atoms with Gasteiger partial charge in [-0.2, -0.15) is 0 Å². The number of carbonyl (C=O) groups is 1. The molecule has 1 atom stereocenters. The van der Waals surface area contributed by atoms with Crippen molar-refractivity contribution >= 4 is 5.91 Å². The highest BCUT2D eigenvalue weighted by Crippen LogP contribution is 2.18. The minimum atomic E-state index is 0.0862. The highest BCUT2D eigenvalue weighted by atomic mass is 16.5. The summed E-state index contributed by atoms with van der Waals surface area (Å²) in [6, 6.07) is 8.54. The number of rotatable bonds is 8. The Balaban J connectivity index is 0.000000291. The molecule has 210 valence electrons. The van der Waals surface area contributed by atoms with Gasteiger partial charge in [0.05, 0.1) is 13.2 Å². The first kappa shape index (κ1) is 31.5. The molecule has 3 fully saturated rings. The zero-order valence-electron chi connectivity index (χ0n) is 24.2. The van der Waals surface area contributed by atoms with Gasteiger partial charge in [-0.15, -0.1) is 6.58 Å². The molecule has 0 radical (unpaired) electrons. The highest BCUT2D eigenvalue weighted by molar-refractivity contribution is 5.94. The summed E-state index contributed by atoms with van der Waals surface area (Å²) in [4.78, 5) is 19.6. The van der Waals surface area contributed by atoms with Crippen LogP contribution in [0.3, 0.4) is 0 Å². The Kier molecular flexibility index (Phi) is 15.8. The number of carbonyl (C=O) groups excluding carboxylic acids is 1. The third kappa shape index (κ3) is 12.6. The SMILES string of the molecule is C=CCOCC1CCCN(C)C1.CC.CN1CCN(Cc2ccc(C(=O)NC3CCCCC3)cc2)CC1. The van der Waals surface area contributed by atoms with Crippen LogP contribution in [0.4, 0.5) is 0 Å². The van der Waals surface area contributed by atoms with Crippen LogP contribution in [-0.2, 0) is 11.3 Å². The first-order valence-corrected chi connectivity index (χ1v) is 14.7. The molecule has 4 rings (SSSR count). The summed E-state index contributed by atoms with van der Waals surface area (Å²) in [7, 11) is 4.36. The summed E-state index contributed by atoms with van der Waals surface area (Å²) in [5.74, 6) is 0.826. The van der Waals surface area contributed by atoms with Gasteiger partial charge >= 0.3 is 0 Å². The second-order valence-corrected chi connectivity index (χ2v) is 10.7. The monoisotopic (exact) mass is 514 g/mol. The first-order valence-electron chi connectivity index (χ1n) is 14.7. The fraction of sp³-hybridized carbons (Fsp3) is 0.710. The zero-order chi connectivity index (χ0) is 26.9. The number of likely N-dealkylation sites (tertiary alicyclic amines) is 1. The maximum atomic E-state index is 12.3. The molecule has 1 amide bonds. The molecule has 2 saturated heterocycles. The van der Waals surface area contributed by atoms with E-state index < -0.39 is 0 Å². The number of hydrogen-bond donors (Lipinski definition) is 1. The van der Waals surface area contributed by atoms with Crippen molar-refractivity contribution in [3.8, 4) is 0 Å². The van der Waals surface area contributed by atoms with Crippen molar-refractivity contribution in [2.45, 2.75) is 71.4 Å². The van der Waals surface area contributed by atoms with Crippen molar-refractivity contribution in [2.24, 2.45) is 5.92 Å². The Morgan fingerprint density at radius 3 is 2.24 bits per heavy atom. The van der Waals surface area contributed by atoms with Crippen LogP contribution in [0.15, 0.2) is 36.9 Å². The average Bonchev–Trinajstić information content (AvgIpc) is 2.93. The molecule has 0 bridgehead atoms. The third-order valence-electron chi connectivity index (χ3n) is 7.47. The van der Waals surface area contributed by atoms with Crippen LogP contribution in [0.2, 0.25) is 0 Å². The largest absolute Gasteiger partial charge is 0.377 e. The number of amides is 1. The first-order chi connectivity index (χ1) is 18.0. The molecule has 2 aliphatic heterocycles. The van der Waals surface area contributed by atoms with E-state index in [1.54, 1.807) is 0 Å². The van der Waals surface area contributed by atoms with E-state index >= 15 is 0 Å². The molecular weight excluding hydrogens is 460 g/mol. The van der Waals surface area contributed by atoms with Crippen LogP contribution in [0.25, 0.3) is 0 Å². The number of ether oxygens (including phenoxy) is 1. The molecular formula is C31H54N4O2. The second kappa shape index (κ2) is 18.5. The average molecular weight is 515 g/mol. The Bertz CT molecular complexity index is 740. The molecule has 0 spiro atoms. The lowest BCUT2D eigenvalue weighted by molar-refractivity contribution is 0.0832. The second-order valence-electron chi connectivity index (χ2n) is 10.7. The van der Waals surface area contributed by atoms with Gasteiger partial charge in [0.25, 0.3) is 5.91 Å². The van der Waals surface area contributed by atoms with Crippen LogP contribution in [0.5, 0.6) is 0 Å². The van der Waals surface area contributed by atoms with Gasteiger partial charge in [0.2, 0.25) is 0 Å². The third-order valence-corrected chi connectivity index (χ3v) is 7.47. The van der Waals surface area contributed by atoms with Gasteiger partial charge in [-0.25, -0.2) is 0 Å². The van der Waals surface area contributed by atoms with Crippen LogP contribution in [0, 0.1) is 5.92 Å². The van der Waals surface area contributed by atoms with E-state index in [2.05, 4.69) is 52.8 Å². The molecule has 1 saturated carbocycles. The minimum Gasteiger partial charge on any atom is -0.377 e. The molecule has 1 unspecified atom stereocenters. The van der Waals surface area contributed by atoms with E-state index in [1.807, 2.05) is 32.1 Å². The number of piperazine rings is 1. The standard InChI is InChI=1S/C19H29N3O.C10H19NO.C2H6/c1-21-11-13-22(14-12-21)15-16-7-9-17(10-8-16)19(23)20-18-5-3-2-4-6-18;1-3-7-12-9-10-5-4-6-11(2)8-10;1-2/h7-10,18H,2-6,11-15H2,1H3,(H,20,23);3,10H,1,4-9H2,2H3;1-2H3. The van der Waals surface area contributed by atoms with Gasteiger partial charge < -0.3 is 19.9 Å². The van der Waals surface area contributed by atoms with Gasteiger partial charge in [-0.1, -0.05) is 51.3 Å². The lowest BCUT2D eigenvalue weighted by Gasteiger charge is -2.32. The van der Waals surface area contributed by atoms with Gasteiger partial charge in [0.1, 0.15) is 0 Å². The maximum absolute atomic E-state index is 12.3. The molecule has 1 aromatic carbocycles. The number of piperidine rings is 1. The van der Waals surface area contributed by atoms with E-state index in [9.17, 15) is 4.79 Å². The van der Waals surface area contributed by atoms with Crippen LogP contribution in [-0.4, -0.2) is 93.2 Å². The summed E-state index contributed by atoms with van der Waals surface area (Å²) in [5.41, 5.74) is 2.08. The molecule has 1 aromatic rings. The molecule has 1 N–H and O–H groups in total. The fourth-order valence-electron chi connectivity index (χ4n) is 5.27. The highest BCUT2D eigenvalue weighted by Gasteiger charge is 2.18. The van der Waals surface area contributed by atoms with Crippen molar-refractivity contribution in [2.75, 3.05) is 66.6 Å². The summed E-state index contributed by atoms with van der Waals surface area (Å²) in [6.45, 7) is 17.2. The normalized spacial score (nSPS) is 21.7. The minimum absolute atomic E-state index is 0.0862. The molecule has 1 aliphatic carbocycles. The van der Waals surface area contributed by atoms with Crippen molar-refractivity contribution in [1.29, 1.82) is 0 Å². The van der Waals surface area contributed by atoms with E-state index in [0.29, 0.717) is 12.6 Å². The van der Waals surface area contributed by atoms with E-state index in [1.165, 1.54) is 50.8 Å². The van der Waals surface area contributed by atoms with Crippen molar-refractivity contribution in [1.82, 2.24) is 20.0 Å².